The molecule has 0 atom stereocenters. The highest BCUT2D eigenvalue weighted by atomic mass is 32.2. The Kier molecular flexibility index (Phi) is 11.1. The van der Waals surface area contributed by atoms with Crippen molar-refractivity contribution >= 4 is 33.5 Å². The first-order valence-electron chi connectivity index (χ1n) is 12.1. The molecule has 0 aliphatic rings. The predicted molar refractivity (Wildman–Crippen MR) is 144 cm³/mol. The maximum atomic E-state index is 13.0. The molecule has 1 heterocycles. The SMILES string of the molecule is CCCCN(Cc1ccccc1)c1ncc(NS(=O)(=O)c2cc(C)ccc2C)cc1C(=O)O.O=C(O)C(F)(F)F. The maximum Gasteiger partial charge on any atom is 0.490 e. The number of carboxylic acids is 2. The quantitative estimate of drug-likeness (QED) is 0.280. The summed E-state index contributed by atoms with van der Waals surface area (Å²) in [6.45, 7) is 6.73. The van der Waals surface area contributed by atoms with Crippen LogP contribution in [0.2, 0.25) is 0 Å². The molecular formula is C27H30F3N3O6S. The summed E-state index contributed by atoms with van der Waals surface area (Å²) >= 11 is 0. The van der Waals surface area contributed by atoms with Crippen LogP contribution >= 0.6 is 0 Å². The zero-order valence-electron chi connectivity index (χ0n) is 22.1. The Labute approximate surface area is 230 Å². The molecule has 3 N–H and O–H groups in total. The van der Waals surface area contributed by atoms with Gasteiger partial charge in [0.25, 0.3) is 10.0 Å². The lowest BCUT2D eigenvalue weighted by Crippen LogP contribution is -2.27. The van der Waals surface area contributed by atoms with Crippen LogP contribution in [0.1, 0.15) is 46.8 Å². The Morgan fingerprint density at radius 1 is 1.02 bits per heavy atom. The molecule has 0 radical (unpaired) electrons. The van der Waals surface area contributed by atoms with Gasteiger partial charge >= 0.3 is 18.1 Å². The van der Waals surface area contributed by atoms with Crippen molar-refractivity contribution in [1.82, 2.24) is 4.98 Å². The van der Waals surface area contributed by atoms with Crippen molar-refractivity contribution in [3.8, 4) is 0 Å². The van der Waals surface area contributed by atoms with E-state index in [2.05, 4.69) is 16.6 Å². The molecule has 0 unspecified atom stereocenters. The molecule has 3 rings (SSSR count). The second kappa shape index (κ2) is 13.8. The number of alkyl halides is 3. The van der Waals surface area contributed by atoms with E-state index >= 15 is 0 Å². The second-order valence-electron chi connectivity index (χ2n) is 8.84. The summed E-state index contributed by atoms with van der Waals surface area (Å²) < 4.78 is 60.1. The van der Waals surface area contributed by atoms with Crippen molar-refractivity contribution < 1.29 is 41.4 Å². The standard InChI is InChI=1S/C25H29N3O4S.C2HF3O2/c1-4-5-13-28(17-20-9-7-6-8-10-20)24-22(25(29)30)15-21(16-26-24)27-33(31,32)23-14-18(2)11-12-19(23)3;3-2(4,5)1(6)7/h6-12,14-16,27H,4-5,13,17H2,1-3H3,(H,29,30);(H,6,7). The van der Waals surface area contributed by atoms with E-state index in [4.69, 9.17) is 9.90 Å². The van der Waals surface area contributed by atoms with Crippen molar-refractivity contribution in [1.29, 1.82) is 0 Å². The summed E-state index contributed by atoms with van der Waals surface area (Å²) in [4.78, 5) is 27.4. The van der Waals surface area contributed by atoms with E-state index in [0.717, 1.165) is 24.0 Å². The highest BCUT2D eigenvalue weighted by Crippen LogP contribution is 2.26. The molecule has 1 aromatic heterocycles. The highest BCUT2D eigenvalue weighted by Gasteiger charge is 2.38. The van der Waals surface area contributed by atoms with Crippen molar-refractivity contribution in [2.24, 2.45) is 0 Å². The number of anilines is 2. The number of hydrogen-bond donors (Lipinski definition) is 3. The number of benzene rings is 2. The number of carbonyl (C=O) groups is 2. The van der Waals surface area contributed by atoms with Gasteiger partial charge in [-0.25, -0.2) is 23.0 Å². The molecule has 0 bridgehead atoms. The van der Waals surface area contributed by atoms with Gasteiger partial charge in [0, 0.05) is 13.1 Å². The van der Waals surface area contributed by atoms with Crippen LogP contribution in [0.25, 0.3) is 0 Å². The number of nitrogens with one attached hydrogen (secondary N) is 1. The molecule has 13 heteroatoms. The number of sulfonamides is 1. The van der Waals surface area contributed by atoms with E-state index in [0.29, 0.717) is 24.5 Å². The minimum atomic E-state index is -5.08. The van der Waals surface area contributed by atoms with Gasteiger partial charge in [-0.15, -0.1) is 0 Å². The summed E-state index contributed by atoms with van der Waals surface area (Å²) in [7, 11) is -3.90. The average Bonchev–Trinajstić information content (AvgIpc) is 2.88. The highest BCUT2D eigenvalue weighted by molar-refractivity contribution is 7.92. The Morgan fingerprint density at radius 3 is 2.20 bits per heavy atom. The fraction of sp³-hybridized carbons (Fsp3) is 0.296. The number of halogens is 3. The van der Waals surface area contributed by atoms with Gasteiger partial charge in [-0.3, -0.25) is 4.72 Å². The van der Waals surface area contributed by atoms with Crippen molar-refractivity contribution in [3.05, 3.63) is 83.0 Å². The lowest BCUT2D eigenvalue weighted by atomic mass is 10.1. The fourth-order valence-electron chi connectivity index (χ4n) is 3.54. The number of aliphatic carboxylic acids is 1. The van der Waals surface area contributed by atoms with Crippen LogP contribution in [-0.4, -0.2) is 48.3 Å². The van der Waals surface area contributed by atoms with E-state index in [9.17, 15) is 31.5 Å². The van der Waals surface area contributed by atoms with E-state index in [1.165, 1.54) is 12.3 Å². The lowest BCUT2D eigenvalue weighted by Gasteiger charge is -2.25. The first kappa shape index (κ1) is 32.1. The van der Waals surface area contributed by atoms with Gasteiger partial charge in [-0.05, 0) is 49.1 Å². The topological polar surface area (TPSA) is 137 Å². The van der Waals surface area contributed by atoms with E-state index < -0.39 is 28.1 Å². The minimum absolute atomic E-state index is 0.0526. The molecule has 0 aliphatic heterocycles. The summed E-state index contributed by atoms with van der Waals surface area (Å²) in [6, 6.07) is 16.2. The molecule has 0 spiro atoms. The van der Waals surface area contributed by atoms with E-state index in [1.54, 1.807) is 19.1 Å². The average molecular weight is 582 g/mol. The number of nitrogens with zero attached hydrogens (tertiary/aromatic N) is 2. The van der Waals surface area contributed by atoms with Gasteiger partial charge in [0.2, 0.25) is 0 Å². The number of aromatic nitrogens is 1. The van der Waals surface area contributed by atoms with Gasteiger partial charge in [0.1, 0.15) is 11.4 Å². The van der Waals surface area contributed by atoms with Crippen LogP contribution in [0, 0.1) is 13.8 Å². The molecule has 0 saturated carbocycles. The van der Waals surface area contributed by atoms with E-state index in [1.807, 2.05) is 48.2 Å². The molecule has 0 fully saturated rings. The summed E-state index contributed by atoms with van der Waals surface area (Å²) in [5.74, 6) is -3.61. The van der Waals surface area contributed by atoms with Crippen LogP contribution in [0.15, 0.2) is 65.7 Å². The molecule has 9 nitrogen and oxygen atoms in total. The van der Waals surface area contributed by atoms with Crippen molar-refractivity contribution in [3.63, 3.8) is 0 Å². The molecule has 40 heavy (non-hydrogen) atoms. The third-order valence-corrected chi connectivity index (χ3v) is 7.05. The van der Waals surface area contributed by atoms with Crippen LogP contribution in [0.5, 0.6) is 0 Å². The Hall–Kier alpha value is -4.13. The van der Waals surface area contributed by atoms with Gasteiger partial charge in [0.05, 0.1) is 16.8 Å². The summed E-state index contributed by atoms with van der Waals surface area (Å²) in [5.41, 5.74) is 2.50. The number of unbranched alkanes of at least 4 members (excludes halogenated alkanes) is 1. The largest absolute Gasteiger partial charge is 0.490 e. The van der Waals surface area contributed by atoms with Crippen molar-refractivity contribution in [2.45, 2.75) is 51.2 Å². The fourth-order valence-corrected chi connectivity index (χ4v) is 4.91. The molecule has 3 aromatic rings. The smallest absolute Gasteiger partial charge is 0.478 e. The third kappa shape index (κ3) is 9.26. The van der Waals surface area contributed by atoms with Gasteiger partial charge < -0.3 is 15.1 Å². The minimum Gasteiger partial charge on any atom is -0.478 e. The Balaban J connectivity index is 0.000000708. The summed E-state index contributed by atoms with van der Waals surface area (Å²) in [5, 5.41) is 17.0. The molecular weight excluding hydrogens is 551 g/mol. The van der Waals surface area contributed by atoms with E-state index in [-0.39, 0.29) is 16.1 Å². The zero-order valence-corrected chi connectivity index (χ0v) is 22.9. The molecule has 0 aliphatic carbocycles. The Bertz CT molecular complexity index is 1430. The number of pyridine rings is 1. The number of hydrogen-bond acceptors (Lipinski definition) is 6. The number of aryl methyl sites for hydroxylation is 2. The first-order chi connectivity index (χ1) is 18.7. The molecule has 0 saturated heterocycles. The molecule has 216 valence electrons. The van der Waals surface area contributed by atoms with Crippen LogP contribution in [-0.2, 0) is 21.4 Å². The van der Waals surface area contributed by atoms with Gasteiger partial charge in [-0.2, -0.15) is 13.2 Å². The van der Waals surface area contributed by atoms with Crippen LogP contribution in [0.3, 0.4) is 0 Å². The third-order valence-electron chi connectivity index (χ3n) is 5.52. The molecule has 2 aromatic carbocycles. The zero-order chi connectivity index (χ0) is 30.1. The van der Waals surface area contributed by atoms with Gasteiger partial charge in [0.15, 0.2) is 0 Å². The first-order valence-corrected chi connectivity index (χ1v) is 13.6. The van der Waals surface area contributed by atoms with Crippen molar-refractivity contribution in [2.75, 3.05) is 16.2 Å². The lowest BCUT2D eigenvalue weighted by molar-refractivity contribution is -0.192. The van der Waals surface area contributed by atoms with Crippen LogP contribution < -0.4 is 9.62 Å². The normalized spacial score (nSPS) is 11.2. The number of rotatable bonds is 10. The number of aromatic carboxylic acids is 1. The predicted octanol–water partition coefficient (Wildman–Crippen LogP) is 5.64. The van der Waals surface area contributed by atoms with Crippen LogP contribution in [0.4, 0.5) is 24.7 Å². The maximum absolute atomic E-state index is 13.0. The summed E-state index contributed by atoms with van der Waals surface area (Å²) in [6.07, 6.45) is -1.90. The molecule has 0 amide bonds. The second-order valence-corrected chi connectivity index (χ2v) is 10.5. The van der Waals surface area contributed by atoms with Gasteiger partial charge in [-0.1, -0.05) is 55.8 Å². The Morgan fingerprint density at radius 2 is 1.65 bits per heavy atom. The monoisotopic (exact) mass is 581 g/mol. The number of carboxylic acid groups (broad SMARTS) is 2.